The number of fused-ring (bicyclic) bond motifs is 4. The van der Waals surface area contributed by atoms with Crippen LogP contribution in [0, 0.1) is 0 Å². The van der Waals surface area contributed by atoms with Crippen molar-refractivity contribution in [2.45, 2.75) is 0 Å². The molecule has 234 valence electrons. The van der Waals surface area contributed by atoms with Crippen LogP contribution in [0.5, 0.6) is 0 Å². The van der Waals surface area contributed by atoms with Gasteiger partial charge < -0.3 is 14.2 Å². The van der Waals surface area contributed by atoms with Crippen LogP contribution in [0.1, 0.15) is 27.0 Å². The first-order valence-corrected chi connectivity index (χ1v) is 15.2. The van der Waals surface area contributed by atoms with Gasteiger partial charge in [0.2, 0.25) is 5.52 Å². The van der Waals surface area contributed by atoms with Gasteiger partial charge in [0.25, 0.3) is 11.7 Å². The highest BCUT2D eigenvalue weighted by Gasteiger charge is 2.32. The molecule has 0 spiro atoms. The van der Waals surface area contributed by atoms with E-state index in [1.807, 2.05) is 72.8 Å². The van der Waals surface area contributed by atoms with Crippen molar-refractivity contribution in [2.75, 3.05) is 21.3 Å². The van der Waals surface area contributed by atoms with Gasteiger partial charge in [-0.15, -0.1) is 0 Å². The smallest absolute Gasteiger partial charge is 0.379 e. The molecular formula is C38H27Cl2NO6. The van der Waals surface area contributed by atoms with E-state index in [2.05, 4.69) is 0 Å². The van der Waals surface area contributed by atoms with Crippen molar-refractivity contribution in [1.29, 1.82) is 0 Å². The highest BCUT2D eigenvalue weighted by Crippen LogP contribution is 2.41. The monoisotopic (exact) mass is 663 g/mol. The topological polar surface area (TPSA) is 82.8 Å². The van der Waals surface area contributed by atoms with Gasteiger partial charge in [-0.25, -0.2) is 9.59 Å². The average Bonchev–Trinajstić information content (AvgIpc) is 3.44. The molecule has 0 amide bonds. The Kier molecular flexibility index (Phi) is 8.85. The van der Waals surface area contributed by atoms with Gasteiger partial charge in [-0.2, -0.15) is 4.57 Å². The van der Waals surface area contributed by atoms with E-state index in [1.165, 1.54) is 21.3 Å². The number of aromatic nitrogens is 1. The molecule has 0 aliphatic carbocycles. The fraction of sp³-hybridized carbons (Fsp3) is 0.0789. The van der Waals surface area contributed by atoms with E-state index in [1.54, 1.807) is 41.1 Å². The summed E-state index contributed by atoms with van der Waals surface area (Å²) in [6, 6.07) is 27.2. The molecule has 0 aliphatic rings. The number of rotatable bonds is 7. The van der Waals surface area contributed by atoms with Crippen molar-refractivity contribution in [3.05, 3.63) is 129 Å². The SMILES string of the molecule is COC(=O)/C(=C(/C(=O)OC)[n+]1ccc(/C=C/c2ccc(Cl)c(Cl)c2)c2ccccc21)[c-]1c2ccccc2c2c(C(=O)OC)cccc21. The Bertz CT molecular complexity index is 2300. The van der Waals surface area contributed by atoms with Crippen LogP contribution in [0.2, 0.25) is 10.0 Å². The number of halogens is 2. The fourth-order valence-electron chi connectivity index (χ4n) is 5.90. The van der Waals surface area contributed by atoms with Gasteiger partial charge in [0.15, 0.2) is 6.20 Å². The second-order valence-corrected chi connectivity index (χ2v) is 11.3. The number of benzene rings is 4. The largest absolute Gasteiger partial charge is 0.490 e. The molecule has 0 N–H and O–H groups in total. The molecule has 47 heavy (non-hydrogen) atoms. The maximum Gasteiger partial charge on any atom is 0.379 e. The summed E-state index contributed by atoms with van der Waals surface area (Å²) in [5.41, 5.74) is 2.99. The minimum atomic E-state index is -0.762. The number of ether oxygens (including phenoxy) is 3. The molecule has 6 aromatic rings. The molecular weight excluding hydrogens is 637 g/mol. The molecule has 5 aromatic carbocycles. The third kappa shape index (κ3) is 5.65. The summed E-state index contributed by atoms with van der Waals surface area (Å²) in [7, 11) is 3.82. The highest BCUT2D eigenvalue weighted by atomic mass is 35.5. The lowest BCUT2D eigenvalue weighted by Crippen LogP contribution is -2.39. The number of esters is 3. The number of nitrogens with zero attached hydrogens (tertiary/aromatic N) is 1. The van der Waals surface area contributed by atoms with E-state index >= 15 is 0 Å². The van der Waals surface area contributed by atoms with E-state index in [9.17, 15) is 14.4 Å². The highest BCUT2D eigenvalue weighted by molar-refractivity contribution is 6.42. The van der Waals surface area contributed by atoms with E-state index < -0.39 is 17.9 Å². The number of methoxy groups -OCH3 is 3. The summed E-state index contributed by atoms with van der Waals surface area (Å²) in [5, 5.41) is 4.22. The van der Waals surface area contributed by atoms with E-state index in [4.69, 9.17) is 37.4 Å². The van der Waals surface area contributed by atoms with Crippen molar-refractivity contribution < 1.29 is 33.2 Å². The van der Waals surface area contributed by atoms with E-state index in [-0.39, 0.29) is 11.3 Å². The second kappa shape index (κ2) is 13.2. The van der Waals surface area contributed by atoms with Gasteiger partial charge in [-0.05, 0) is 29.3 Å². The van der Waals surface area contributed by atoms with Crippen LogP contribution in [-0.2, 0) is 23.8 Å². The summed E-state index contributed by atoms with van der Waals surface area (Å²) >= 11 is 12.3. The van der Waals surface area contributed by atoms with Crippen LogP contribution in [0.25, 0.3) is 55.9 Å². The average molecular weight is 665 g/mol. The maximum atomic E-state index is 13.9. The first-order valence-electron chi connectivity index (χ1n) is 14.5. The zero-order chi connectivity index (χ0) is 33.2. The zero-order valence-corrected chi connectivity index (χ0v) is 27.1. The predicted octanol–water partition coefficient (Wildman–Crippen LogP) is 8.13. The lowest BCUT2D eigenvalue weighted by molar-refractivity contribution is -0.548. The third-order valence-electron chi connectivity index (χ3n) is 7.98. The van der Waals surface area contributed by atoms with Crippen LogP contribution in [-0.4, -0.2) is 39.2 Å². The minimum absolute atomic E-state index is 0.0261. The maximum absolute atomic E-state index is 13.9. The zero-order valence-electron chi connectivity index (χ0n) is 25.5. The van der Waals surface area contributed by atoms with Crippen LogP contribution < -0.4 is 4.57 Å². The van der Waals surface area contributed by atoms with Gasteiger partial charge >= 0.3 is 11.9 Å². The van der Waals surface area contributed by atoms with Crippen molar-refractivity contribution in [1.82, 2.24) is 0 Å². The normalized spacial score (nSPS) is 12.0. The van der Waals surface area contributed by atoms with Crippen LogP contribution in [0.4, 0.5) is 0 Å². The Morgan fingerprint density at radius 2 is 1.40 bits per heavy atom. The first kappa shape index (κ1) is 31.6. The second-order valence-electron chi connectivity index (χ2n) is 10.5. The first-order chi connectivity index (χ1) is 22.8. The Balaban J connectivity index is 1.68. The van der Waals surface area contributed by atoms with Gasteiger partial charge in [-0.1, -0.05) is 123 Å². The summed E-state index contributed by atoms with van der Waals surface area (Å²) in [5.74, 6) is -2.05. The standard InChI is InChI=1S/C38H27Cl2NO6/c1-45-36(42)28-13-8-12-27-32(28)25-10-4-5-11-26(25)33(27)34(37(43)46-2)35(38(44)47-3)41-20-19-23(24-9-6-7-14-31(24)41)17-15-22-16-18-29(39)30(40)21-22/h4-21H,1-3H3/b17-15+,35-34-. The van der Waals surface area contributed by atoms with Gasteiger partial charge in [0, 0.05) is 17.7 Å². The molecule has 0 aliphatic heterocycles. The molecule has 0 fully saturated rings. The Labute approximate surface area is 280 Å². The Morgan fingerprint density at radius 1 is 0.702 bits per heavy atom. The van der Waals surface area contributed by atoms with E-state index in [0.717, 1.165) is 16.5 Å². The molecule has 1 aromatic heterocycles. The van der Waals surface area contributed by atoms with Crippen LogP contribution in [0.15, 0.2) is 97.2 Å². The molecule has 9 heteroatoms. The summed E-state index contributed by atoms with van der Waals surface area (Å²) in [6.07, 6.45) is 5.55. The van der Waals surface area contributed by atoms with Gasteiger partial charge in [-0.3, -0.25) is 4.79 Å². The third-order valence-corrected chi connectivity index (χ3v) is 8.72. The molecule has 0 saturated heterocycles. The lowest BCUT2D eigenvalue weighted by Gasteiger charge is -2.15. The van der Waals surface area contributed by atoms with E-state index in [0.29, 0.717) is 48.2 Å². The van der Waals surface area contributed by atoms with Crippen molar-refractivity contribution >= 4 is 97.0 Å². The number of hydrogen-bond acceptors (Lipinski definition) is 6. The number of carbonyl (C=O) groups excluding carboxylic acids is 3. The molecule has 0 unspecified atom stereocenters. The molecule has 0 saturated carbocycles. The minimum Gasteiger partial charge on any atom is -0.490 e. The fourth-order valence-corrected chi connectivity index (χ4v) is 6.20. The molecule has 0 bridgehead atoms. The molecule has 6 rings (SSSR count). The number of pyridine rings is 1. The predicted molar refractivity (Wildman–Crippen MR) is 185 cm³/mol. The van der Waals surface area contributed by atoms with Crippen molar-refractivity contribution in [3.8, 4) is 0 Å². The van der Waals surface area contributed by atoms with Crippen LogP contribution >= 0.6 is 23.2 Å². The quantitative estimate of drug-likeness (QED) is 0.0564. The summed E-state index contributed by atoms with van der Waals surface area (Å²) < 4.78 is 17.4. The van der Waals surface area contributed by atoms with Gasteiger partial charge in [0.05, 0.1) is 42.3 Å². The molecule has 1 heterocycles. The summed E-state index contributed by atoms with van der Waals surface area (Å²) in [6.45, 7) is 0. The Hall–Kier alpha value is -5.37. The summed E-state index contributed by atoms with van der Waals surface area (Å²) in [4.78, 5) is 40.6. The van der Waals surface area contributed by atoms with Crippen LogP contribution in [0.3, 0.4) is 0 Å². The van der Waals surface area contributed by atoms with Crippen molar-refractivity contribution in [3.63, 3.8) is 0 Å². The number of carbonyl (C=O) groups is 3. The number of para-hydroxylation sites is 1. The lowest BCUT2D eigenvalue weighted by atomic mass is 9.98. The Morgan fingerprint density at radius 3 is 2.13 bits per heavy atom. The van der Waals surface area contributed by atoms with Gasteiger partial charge in [0.1, 0.15) is 0 Å². The molecule has 0 atom stereocenters. The molecule has 7 nitrogen and oxygen atoms in total. The van der Waals surface area contributed by atoms with Crippen molar-refractivity contribution in [2.24, 2.45) is 0 Å². The molecule has 0 radical (unpaired) electrons. The number of hydrogen-bond donors (Lipinski definition) is 0.